The summed E-state index contributed by atoms with van der Waals surface area (Å²) in [5.41, 5.74) is -0.0280. The lowest BCUT2D eigenvalue weighted by molar-refractivity contribution is 0.0550. The Labute approximate surface area is 97.1 Å². The minimum atomic E-state index is -0.0280. The Morgan fingerprint density at radius 1 is 1.21 bits per heavy atom. The molecule has 0 aliphatic carbocycles. The van der Waals surface area contributed by atoms with E-state index in [2.05, 4.69) is 20.8 Å². The number of rotatable bonds is 8. The molecule has 1 nitrogen and oxygen atoms in total. The van der Waals surface area contributed by atoms with Crippen LogP contribution in [-0.4, -0.2) is 21.5 Å². The first-order chi connectivity index (χ1) is 6.63. The summed E-state index contributed by atoms with van der Waals surface area (Å²) < 4.78 is 5.81. The van der Waals surface area contributed by atoms with E-state index in [0.717, 1.165) is 23.3 Å². The highest BCUT2D eigenvalue weighted by Gasteiger charge is 2.32. The summed E-state index contributed by atoms with van der Waals surface area (Å²) >= 11 is 6.27. The lowest BCUT2D eigenvalue weighted by Gasteiger charge is -2.36. The molecule has 0 aromatic heterocycles. The first kappa shape index (κ1) is 14.5. The topological polar surface area (TPSA) is 9.23 Å². The molecule has 0 aromatic carbocycles. The summed E-state index contributed by atoms with van der Waals surface area (Å²) in [5.74, 6) is 0. The van der Waals surface area contributed by atoms with Crippen molar-refractivity contribution in [2.24, 2.45) is 0 Å². The van der Waals surface area contributed by atoms with E-state index in [1.54, 1.807) is 0 Å². The van der Waals surface area contributed by atoms with Crippen molar-refractivity contribution < 1.29 is 4.43 Å². The van der Waals surface area contributed by atoms with Gasteiger partial charge in [-0.1, -0.05) is 39.5 Å². The van der Waals surface area contributed by atoms with Gasteiger partial charge in [-0.15, -0.1) is 11.6 Å². The molecule has 0 fully saturated rings. The second-order valence-corrected chi connectivity index (χ2v) is 5.15. The van der Waals surface area contributed by atoms with Gasteiger partial charge in [0.1, 0.15) is 10.5 Å². The van der Waals surface area contributed by atoms with Crippen LogP contribution < -0.4 is 0 Å². The van der Waals surface area contributed by atoms with Crippen molar-refractivity contribution in [3.05, 3.63) is 0 Å². The van der Waals surface area contributed by atoms with Crippen LogP contribution in [0.2, 0.25) is 0 Å². The summed E-state index contributed by atoms with van der Waals surface area (Å²) in [6, 6.07) is 0. The smallest absolute Gasteiger partial charge is 0.146 e. The van der Waals surface area contributed by atoms with Gasteiger partial charge >= 0.3 is 0 Å². The molecule has 86 valence electrons. The zero-order valence-electron chi connectivity index (χ0n) is 10.1. The lowest BCUT2D eigenvalue weighted by atomic mass is 9.88. The highest BCUT2D eigenvalue weighted by atomic mass is 35.5. The molecule has 0 saturated heterocycles. The fourth-order valence-corrected chi connectivity index (χ4v) is 3.06. The van der Waals surface area contributed by atoms with Gasteiger partial charge in [-0.05, 0) is 19.8 Å². The molecule has 0 radical (unpaired) electrons. The minimum absolute atomic E-state index is 0.0280. The predicted octanol–water partition coefficient (Wildman–Crippen LogP) is 3.03. The van der Waals surface area contributed by atoms with Gasteiger partial charge in [0.05, 0.1) is 11.0 Å². The molecule has 14 heavy (non-hydrogen) atoms. The van der Waals surface area contributed by atoms with Crippen LogP contribution in [0.3, 0.4) is 0 Å². The van der Waals surface area contributed by atoms with E-state index in [0.29, 0.717) is 0 Å². The van der Waals surface area contributed by atoms with E-state index >= 15 is 0 Å². The SMILES string of the molecule is CCCCC(CCCC)(O[SiH3])C(C)Cl. The first-order valence-corrected chi connectivity index (χ1v) is 7.07. The predicted molar refractivity (Wildman–Crippen MR) is 68.1 cm³/mol. The number of unbranched alkanes of at least 4 members (excludes halogenated alkanes) is 2. The van der Waals surface area contributed by atoms with Crippen molar-refractivity contribution in [2.45, 2.75) is 70.3 Å². The van der Waals surface area contributed by atoms with Crippen molar-refractivity contribution in [1.82, 2.24) is 0 Å². The number of hydrogen-bond donors (Lipinski definition) is 0. The monoisotopic (exact) mass is 236 g/mol. The Morgan fingerprint density at radius 2 is 1.64 bits per heavy atom. The minimum Gasteiger partial charge on any atom is -0.421 e. The highest BCUT2D eigenvalue weighted by molar-refractivity contribution is 6.21. The van der Waals surface area contributed by atoms with E-state index in [1.807, 2.05) is 0 Å². The van der Waals surface area contributed by atoms with Crippen LogP contribution in [0, 0.1) is 0 Å². The van der Waals surface area contributed by atoms with Crippen LogP contribution in [0.15, 0.2) is 0 Å². The molecular weight excluding hydrogens is 212 g/mol. The maximum atomic E-state index is 6.27. The van der Waals surface area contributed by atoms with E-state index in [9.17, 15) is 0 Å². The largest absolute Gasteiger partial charge is 0.421 e. The highest BCUT2D eigenvalue weighted by Crippen LogP contribution is 2.31. The average molecular weight is 237 g/mol. The molecular formula is C11H25ClOSi. The van der Waals surface area contributed by atoms with Crippen molar-refractivity contribution in [1.29, 1.82) is 0 Å². The molecule has 0 aliphatic rings. The summed E-state index contributed by atoms with van der Waals surface area (Å²) in [4.78, 5) is 0. The number of alkyl halides is 1. The fourth-order valence-electron chi connectivity index (χ4n) is 1.84. The normalized spacial score (nSPS) is 14.6. The molecule has 0 bridgehead atoms. The van der Waals surface area contributed by atoms with Crippen LogP contribution in [0.25, 0.3) is 0 Å². The zero-order valence-corrected chi connectivity index (χ0v) is 12.9. The van der Waals surface area contributed by atoms with Gasteiger partial charge in [0.15, 0.2) is 0 Å². The first-order valence-electron chi connectivity index (χ1n) is 5.82. The summed E-state index contributed by atoms with van der Waals surface area (Å²) in [7, 11) is 0.793. The molecule has 0 heterocycles. The molecule has 0 spiro atoms. The third-order valence-corrected chi connectivity index (χ3v) is 4.25. The van der Waals surface area contributed by atoms with E-state index in [-0.39, 0.29) is 11.0 Å². The maximum absolute atomic E-state index is 6.27. The van der Waals surface area contributed by atoms with Gasteiger partial charge < -0.3 is 4.43 Å². The van der Waals surface area contributed by atoms with Gasteiger partial charge in [-0.2, -0.15) is 0 Å². The molecule has 1 atom stereocenters. The van der Waals surface area contributed by atoms with Gasteiger partial charge in [0.25, 0.3) is 0 Å². The molecule has 0 amide bonds. The van der Waals surface area contributed by atoms with Crippen LogP contribution >= 0.6 is 11.6 Å². The van der Waals surface area contributed by atoms with Gasteiger partial charge in [-0.3, -0.25) is 0 Å². The molecule has 0 aromatic rings. The average Bonchev–Trinajstić information content (AvgIpc) is 2.18. The Balaban J connectivity index is 4.27. The molecule has 0 N–H and O–H groups in total. The van der Waals surface area contributed by atoms with Gasteiger partial charge in [-0.25, -0.2) is 0 Å². The summed E-state index contributed by atoms with van der Waals surface area (Å²) in [6.45, 7) is 6.51. The van der Waals surface area contributed by atoms with E-state index in [1.165, 1.54) is 25.7 Å². The van der Waals surface area contributed by atoms with Crippen molar-refractivity contribution in [3.63, 3.8) is 0 Å². The lowest BCUT2D eigenvalue weighted by Crippen LogP contribution is -2.40. The van der Waals surface area contributed by atoms with Gasteiger partial charge in [0.2, 0.25) is 0 Å². The van der Waals surface area contributed by atoms with Crippen molar-refractivity contribution >= 4 is 22.1 Å². The Hall–Kier alpha value is 0.467. The third kappa shape index (κ3) is 4.33. The van der Waals surface area contributed by atoms with Gasteiger partial charge in [0, 0.05) is 0 Å². The summed E-state index contributed by atoms with van der Waals surface area (Å²) in [6.07, 6.45) is 7.15. The third-order valence-electron chi connectivity index (χ3n) is 3.04. The Morgan fingerprint density at radius 3 is 1.86 bits per heavy atom. The van der Waals surface area contributed by atoms with Crippen molar-refractivity contribution in [3.8, 4) is 0 Å². The molecule has 0 saturated carbocycles. The standard InChI is InChI=1S/C11H25ClOSi/c1-4-6-8-11(13-14,10(3)12)9-7-5-2/h10H,4-9H2,1-3,14H3. The molecule has 0 aliphatic heterocycles. The van der Waals surface area contributed by atoms with Crippen LogP contribution in [0.1, 0.15) is 59.3 Å². The maximum Gasteiger partial charge on any atom is 0.146 e. The van der Waals surface area contributed by atoms with Crippen molar-refractivity contribution in [2.75, 3.05) is 0 Å². The molecule has 1 unspecified atom stereocenters. The Kier molecular flexibility index (Phi) is 7.98. The summed E-state index contributed by atoms with van der Waals surface area (Å²) in [5, 5.41) is 0.137. The fraction of sp³-hybridized carbons (Fsp3) is 1.00. The van der Waals surface area contributed by atoms with Crippen LogP contribution in [0.4, 0.5) is 0 Å². The Bertz CT molecular complexity index is 131. The van der Waals surface area contributed by atoms with Crippen LogP contribution in [-0.2, 0) is 4.43 Å². The molecule has 0 rings (SSSR count). The van der Waals surface area contributed by atoms with E-state index < -0.39 is 0 Å². The second-order valence-electron chi connectivity index (χ2n) is 4.09. The number of halogens is 1. The zero-order chi connectivity index (χ0) is 11.0. The van der Waals surface area contributed by atoms with Crippen LogP contribution in [0.5, 0.6) is 0 Å². The second kappa shape index (κ2) is 7.72. The number of hydrogen-bond acceptors (Lipinski definition) is 1. The quantitative estimate of drug-likeness (QED) is 0.465. The van der Waals surface area contributed by atoms with E-state index in [4.69, 9.17) is 16.0 Å². The molecule has 3 heteroatoms.